The van der Waals surface area contributed by atoms with Crippen LogP contribution in [0.3, 0.4) is 0 Å². The topological polar surface area (TPSA) is 12.0 Å². The predicted molar refractivity (Wildman–Crippen MR) is 72.7 cm³/mol. The largest absolute Gasteiger partial charge is 0.304 e. The summed E-state index contributed by atoms with van der Waals surface area (Å²) in [6.07, 6.45) is 0. The van der Waals surface area contributed by atoms with E-state index in [-0.39, 0.29) is 23.5 Å². The number of halogens is 3. The summed E-state index contributed by atoms with van der Waals surface area (Å²) in [5, 5.41) is 3.13. The van der Waals surface area contributed by atoms with Crippen molar-refractivity contribution in [2.45, 2.75) is 25.9 Å². The molecule has 0 fully saturated rings. The van der Waals surface area contributed by atoms with E-state index in [0.717, 1.165) is 17.7 Å². The van der Waals surface area contributed by atoms with E-state index in [2.05, 4.69) is 5.32 Å². The van der Waals surface area contributed by atoms with Gasteiger partial charge in [0, 0.05) is 17.6 Å². The van der Waals surface area contributed by atoms with Crippen molar-refractivity contribution in [2.24, 2.45) is 0 Å². The van der Waals surface area contributed by atoms with Crippen LogP contribution in [-0.2, 0) is 0 Å². The third kappa shape index (κ3) is 3.39. The van der Waals surface area contributed by atoms with Crippen LogP contribution >= 0.6 is 0 Å². The molecule has 0 saturated carbocycles. The second kappa shape index (κ2) is 6.09. The molecule has 20 heavy (non-hydrogen) atoms. The Labute approximate surface area is 116 Å². The van der Waals surface area contributed by atoms with Gasteiger partial charge in [0.25, 0.3) is 0 Å². The fraction of sp³-hybridized carbons (Fsp3) is 0.250. The van der Waals surface area contributed by atoms with Crippen molar-refractivity contribution in [1.82, 2.24) is 5.32 Å². The summed E-state index contributed by atoms with van der Waals surface area (Å²) in [6.45, 7) is 3.59. The standard InChI is InChI=1S/C16H16F3N/c1-10(12-4-3-5-13(17)8-12)20-11(2)15-9-14(18)6-7-16(15)19/h3-11,20H,1-2H3/t10-,11?/m0/s1. The molecule has 1 unspecified atom stereocenters. The van der Waals surface area contributed by atoms with Gasteiger partial charge in [-0.3, -0.25) is 0 Å². The van der Waals surface area contributed by atoms with Crippen LogP contribution in [0.2, 0.25) is 0 Å². The molecule has 0 bridgehead atoms. The molecule has 0 aliphatic rings. The monoisotopic (exact) mass is 279 g/mol. The van der Waals surface area contributed by atoms with Crippen molar-refractivity contribution in [1.29, 1.82) is 0 Å². The van der Waals surface area contributed by atoms with Gasteiger partial charge in [-0.2, -0.15) is 0 Å². The van der Waals surface area contributed by atoms with Gasteiger partial charge in [0.15, 0.2) is 0 Å². The Kier molecular flexibility index (Phi) is 4.45. The zero-order chi connectivity index (χ0) is 14.7. The minimum Gasteiger partial charge on any atom is -0.304 e. The lowest BCUT2D eigenvalue weighted by Crippen LogP contribution is -2.23. The van der Waals surface area contributed by atoms with Crippen LogP contribution in [0.1, 0.15) is 37.1 Å². The van der Waals surface area contributed by atoms with E-state index in [1.807, 2.05) is 6.92 Å². The molecular formula is C16H16F3N. The molecule has 0 aliphatic heterocycles. The Morgan fingerprint density at radius 2 is 1.55 bits per heavy atom. The van der Waals surface area contributed by atoms with Crippen molar-refractivity contribution in [3.8, 4) is 0 Å². The van der Waals surface area contributed by atoms with Crippen molar-refractivity contribution in [2.75, 3.05) is 0 Å². The lowest BCUT2D eigenvalue weighted by molar-refractivity contribution is 0.468. The molecule has 2 aromatic rings. The highest BCUT2D eigenvalue weighted by Crippen LogP contribution is 2.22. The summed E-state index contributed by atoms with van der Waals surface area (Å²) in [5.41, 5.74) is 1.02. The Balaban J connectivity index is 2.15. The Morgan fingerprint density at radius 1 is 0.850 bits per heavy atom. The highest BCUT2D eigenvalue weighted by molar-refractivity contribution is 5.24. The molecule has 0 amide bonds. The number of rotatable bonds is 4. The summed E-state index contributed by atoms with van der Waals surface area (Å²) in [7, 11) is 0. The van der Waals surface area contributed by atoms with Gasteiger partial charge in [0.2, 0.25) is 0 Å². The average Bonchev–Trinajstić information content (AvgIpc) is 2.41. The van der Waals surface area contributed by atoms with E-state index in [0.29, 0.717) is 0 Å². The SMILES string of the molecule is CC(N[C@@H](C)c1cccc(F)c1)c1cc(F)ccc1F. The molecule has 2 aromatic carbocycles. The van der Waals surface area contributed by atoms with E-state index < -0.39 is 11.6 Å². The number of benzene rings is 2. The van der Waals surface area contributed by atoms with Gasteiger partial charge in [-0.15, -0.1) is 0 Å². The van der Waals surface area contributed by atoms with Gasteiger partial charge >= 0.3 is 0 Å². The van der Waals surface area contributed by atoms with Crippen molar-refractivity contribution in [3.63, 3.8) is 0 Å². The number of nitrogens with one attached hydrogen (secondary N) is 1. The zero-order valence-corrected chi connectivity index (χ0v) is 11.3. The lowest BCUT2D eigenvalue weighted by atomic mass is 10.0. The molecule has 1 N–H and O–H groups in total. The lowest BCUT2D eigenvalue weighted by Gasteiger charge is -2.21. The van der Waals surface area contributed by atoms with E-state index in [4.69, 9.17) is 0 Å². The zero-order valence-electron chi connectivity index (χ0n) is 11.3. The first-order valence-electron chi connectivity index (χ1n) is 6.44. The quantitative estimate of drug-likeness (QED) is 0.868. The Hall–Kier alpha value is -1.81. The normalized spacial score (nSPS) is 14.1. The second-order valence-corrected chi connectivity index (χ2v) is 4.83. The van der Waals surface area contributed by atoms with Gasteiger partial charge in [0.05, 0.1) is 0 Å². The van der Waals surface area contributed by atoms with Gasteiger partial charge in [0.1, 0.15) is 17.5 Å². The van der Waals surface area contributed by atoms with E-state index in [1.54, 1.807) is 19.1 Å². The maximum Gasteiger partial charge on any atom is 0.128 e. The van der Waals surface area contributed by atoms with Crippen LogP contribution in [0.4, 0.5) is 13.2 Å². The molecule has 1 nitrogen and oxygen atoms in total. The molecule has 2 rings (SSSR count). The maximum atomic E-state index is 13.7. The summed E-state index contributed by atoms with van der Waals surface area (Å²) < 4.78 is 40.0. The first kappa shape index (κ1) is 14.6. The van der Waals surface area contributed by atoms with Crippen LogP contribution in [0, 0.1) is 17.5 Å². The maximum absolute atomic E-state index is 13.7. The molecular weight excluding hydrogens is 263 g/mol. The van der Waals surface area contributed by atoms with Gasteiger partial charge in [-0.05, 0) is 49.7 Å². The molecule has 0 spiro atoms. The van der Waals surface area contributed by atoms with Crippen LogP contribution in [0.5, 0.6) is 0 Å². The first-order chi connectivity index (χ1) is 9.47. The van der Waals surface area contributed by atoms with Gasteiger partial charge in [-0.1, -0.05) is 12.1 Å². The van der Waals surface area contributed by atoms with E-state index >= 15 is 0 Å². The van der Waals surface area contributed by atoms with Crippen LogP contribution in [-0.4, -0.2) is 0 Å². The van der Waals surface area contributed by atoms with Gasteiger partial charge < -0.3 is 5.32 Å². The number of hydrogen-bond donors (Lipinski definition) is 1. The molecule has 106 valence electrons. The molecule has 0 saturated heterocycles. The predicted octanol–water partition coefficient (Wildman–Crippen LogP) is 4.52. The summed E-state index contributed by atoms with van der Waals surface area (Å²) in [6, 6.07) is 9.00. The van der Waals surface area contributed by atoms with Crippen LogP contribution in [0.25, 0.3) is 0 Å². The fourth-order valence-electron chi connectivity index (χ4n) is 2.18. The van der Waals surface area contributed by atoms with Crippen LogP contribution in [0.15, 0.2) is 42.5 Å². The van der Waals surface area contributed by atoms with Crippen molar-refractivity contribution >= 4 is 0 Å². The Bertz CT molecular complexity index is 598. The highest BCUT2D eigenvalue weighted by Gasteiger charge is 2.15. The highest BCUT2D eigenvalue weighted by atomic mass is 19.1. The van der Waals surface area contributed by atoms with E-state index in [9.17, 15) is 13.2 Å². The molecule has 0 heterocycles. The number of hydrogen-bond acceptors (Lipinski definition) is 1. The summed E-state index contributed by atoms with van der Waals surface area (Å²) in [5.74, 6) is -1.26. The van der Waals surface area contributed by atoms with Crippen LogP contribution < -0.4 is 5.32 Å². The summed E-state index contributed by atoms with van der Waals surface area (Å²) in [4.78, 5) is 0. The molecule has 2 atom stereocenters. The van der Waals surface area contributed by atoms with Crippen molar-refractivity contribution in [3.05, 3.63) is 71.0 Å². The minimum atomic E-state index is -0.478. The van der Waals surface area contributed by atoms with E-state index in [1.165, 1.54) is 18.2 Å². The molecule has 4 heteroatoms. The third-order valence-corrected chi connectivity index (χ3v) is 3.27. The van der Waals surface area contributed by atoms with Gasteiger partial charge in [-0.25, -0.2) is 13.2 Å². The smallest absolute Gasteiger partial charge is 0.128 e. The average molecular weight is 279 g/mol. The molecule has 0 aliphatic carbocycles. The van der Waals surface area contributed by atoms with Crippen molar-refractivity contribution < 1.29 is 13.2 Å². The molecule has 0 aromatic heterocycles. The fourth-order valence-corrected chi connectivity index (χ4v) is 2.18. The third-order valence-electron chi connectivity index (χ3n) is 3.27. The first-order valence-corrected chi connectivity index (χ1v) is 6.44. The minimum absolute atomic E-state index is 0.177. The Morgan fingerprint density at radius 3 is 2.25 bits per heavy atom. The molecule has 0 radical (unpaired) electrons. The summed E-state index contributed by atoms with van der Waals surface area (Å²) >= 11 is 0. The second-order valence-electron chi connectivity index (χ2n) is 4.83.